The van der Waals surface area contributed by atoms with Crippen LogP contribution in [0.15, 0.2) is 42.6 Å². The molecule has 1 unspecified atom stereocenters. The van der Waals surface area contributed by atoms with Crippen molar-refractivity contribution in [3.8, 4) is 5.75 Å². The molecule has 0 bridgehead atoms. The Morgan fingerprint density at radius 2 is 2.07 bits per heavy atom. The zero-order valence-corrected chi connectivity index (χ0v) is 16.6. The summed E-state index contributed by atoms with van der Waals surface area (Å²) in [6, 6.07) is 11.0. The maximum Gasteiger partial charge on any atom is 0.303 e. The largest absolute Gasteiger partial charge is 0.494 e. The van der Waals surface area contributed by atoms with Crippen LogP contribution in [0.25, 0.3) is 0 Å². The first-order chi connectivity index (χ1) is 14.1. The van der Waals surface area contributed by atoms with Gasteiger partial charge in [0, 0.05) is 31.4 Å². The van der Waals surface area contributed by atoms with Crippen molar-refractivity contribution in [2.24, 2.45) is 5.92 Å². The number of carboxylic acid groups (broad SMARTS) is 1. The SMILES string of the molecule is CCOc1ccc(Nc2ncccc2C(=O)N2CCCC(CCC(=O)O)C2)cc1. The van der Waals surface area contributed by atoms with Gasteiger partial charge in [0.25, 0.3) is 5.91 Å². The number of pyridine rings is 1. The first-order valence-corrected chi connectivity index (χ1v) is 10.0. The van der Waals surface area contributed by atoms with Gasteiger partial charge in [-0.2, -0.15) is 0 Å². The lowest BCUT2D eigenvalue weighted by atomic mass is 9.93. The molecule has 1 aliphatic rings. The molecule has 1 atom stereocenters. The first kappa shape index (κ1) is 20.6. The van der Waals surface area contributed by atoms with Gasteiger partial charge in [-0.1, -0.05) is 0 Å². The van der Waals surface area contributed by atoms with E-state index in [-0.39, 0.29) is 18.2 Å². The van der Waals surface area contributed by atoms with Crippen molar-refractivity contribution in [3.05, 3.63) is 48.2 Å². The third-order valence-electron chi connectivity index (χ3n) is 5.04. The number of hydrogen-bond donors (Lipinski definition) is 2. The molecule has 1 aliphatic heterocycles. The van der Waals surface area contributed by atoms with E-state index in [4.69, 9.17) is 9.84 Å². The van der Waals surface area contributed by atoms with E-state index >= 15 is 0 Å². The monoisotopic (exact) mass is 397 g/mol. The Bertz CT molecular complexity index is 838. The highest BCUT2D eigenvalue weighted by molar-refractivity contribution is 5.99. The van der Waals surface area contributed by atoms with Crippen LogP contribution < -0.4 is 10.1 Å². The number of carbonyl (C=O) groups excluding carboxylic acids is 1. The normalized spacial score (nSPS) is 16.3. The fourth-order valence-corrected chi connectivity index (χ4v) is 3.60. The maximum atomic E-state index is 13.1. The fraction of sp³-hybridized carbons (Fsp3) is 0.409. The summed E-state index contributed by atoms with van der Waals surface area (Å²) in [5.74, 6) is 0.655. The summed E-state index contributed by atoms with van der Waals surface area (Å²) in [5.41, 5.74) is 1.33. The molecule has 1 aromatic carbocycles. The standard InChI is InChI=1S/C22H27N3O4/c1-2-29-18-10-8-17(9-11-18)24-21-19(6-3-13-23-21)22(28)25-14-4-5-16(15-25)7-12-20(26)27/h3,6,8-11,13,16H,2,4-5,7,12,14-15H2,1H3,(H,23,24)(H,26,27). The van der Waals surface area contributed by atoms with Gasteiger partial charge >= 0.3 is 5.97 Å². The molecule has 29 heavy (non-hydrogen) atoms. The Labute approximate surface area is 170 Å². The molecule has 2 heterocycles. The van der Waals surface area contributed by atoms with Crippen LogP contribution in [0.4, 0.5) is 11.5 Å². The van der Waals surface area contributed by atoms with Crippen LogP contribution in [-0.4, -0.2) is 46.6 Å². The lowest BCUT2D eigenvalue weighted by Gasteiger charge is -2.33. The van der Waals surface area contributed by atoms with E-state index in [0.29, 0.717) is 37.5 Å². The van der Waals surface area contributed by atoms with Gasteiger partial charge in [0.15, 0.2) is 0 Å². The highest BCUT2D eigenvalue weighted by atomic mass is 16.5. The average Bonchev–Trinajstić information content (AvgIpc) is 2.74. The van der Waals surface area contributed by atoms with Gasteiger partial charge in [0.1, 0.15) is 11.6 Å². The molecular formula is C22H27N3O4. The highest BCUT2D eigenvalue weighted by Gasteiger charge is 2.26. The summed E-state index contributed by atoms with van der Waals surface area (Å²) in [6.45, 7) is 3.81. The Morgan fingerprint density at radius 3 is 2.79 bits per heavy atom. The minimum absolute atomic E-state index is 0.0773. The molecule has 1 saturated heterocycles. The van der Waals surface area contributed by atoms with Crippen LogP contribution in [-0.2, 0) is 4.79 Å². The number of ether oxygens (including phenoxy) is 1. The van der Waals surface area contributed by atoms with E-state index in [1.165, 1.54) is 0 Å². The van der Waals surface area contributed by atoms with E-state index in [1.807, 2.05) is 36.1 Å². The Balaban J connectivity index is 1.70. The fourth-order valence-electron chi connectivity index (χ4n) is 3.60. The highest BCUT2D eigenvalue weighted by Crippen LogP contribution is 2.26. The molecule has 7 nitrogen and oxygen atoms in total. The molecule has 0 aliphatic carbocycles. The van der Waals surface area contributed by atoms with Gasteiger partial charge in [-0.3, -0.25) is 9.59 Å². The molecule has 1 amide bonds. The van der Waals surface area contributed by atoms with Gasteiger partial charge < -0.3 is 20.1 Å². The number of hydrogen-bond acceptors (Lipinski definition) is 5. The zero-order chi connectivity index (χ0) is 20.6. The van der Waals surface area contributed by atoms with Gasteiger partial charge in [0.05, 0.1) is 12.2 Å². The van der Waals surface area contributed by atoms with Crippen molar-refractivity contribution in [1.82, 2.24) is 9.88 Å². The summed E-state index contributed by atoms with van der Waals surface area (Å²) in [7, 11) is 0. The number of carboxylic acids is 1. The summed E-state index contributed by atoms with van der Waals surface area (Å²) in [5, 5.41) is 12.1. The molecule has 2 aromatic rings. The number of aliphatic carboxylic acids is 1. The van der Waals surface area contributed by atoms with Crippen LogP contribution >= 0.6 is 0 Å². The number of piperidine rings is 1. The van der Waals surface area contributed by atoms with Crippen molar-refractivity contribution in [2.75, 3.05) is 25.0 Å². The number of rotatable bonds is 8. The van der Waals surface area contributed by atoms with Gasteiger partial charge in [-0.05, 0) is 68.5 Å². The second-order valence-electron chi connectivity index (χ2n) is 7.17. The molecular weight excluding hydrogens is 370 g/mol. The molecule has 0 saturated carbocycles. The number of likely N-dealkylation sites (tertiary alicyclic amines) is 1. The summed E-state index contributed by atoms with van der Waals surface area (Å²) >= 11 is 0. The number of anilines is 2. The molecule has 7 heteroatoms. The van der Waals surface area contributed by atoms with Crippen LogP contribution in [0.1, 0.15) is 43.0 Å². The molecule has 154 valence electrons. The lowest BCUT2D eigenvalue weighted by molar-refractivity contribution is -0.137. The van der Waals surface area contributed by atoms with Gasteiger partial charge in [-0.15, -0.1) is 0 Å². The van der Waals surface area contributed by atoms with Crippen LogP contribution in [0, 0.1) is 5.92 Å². The molecule has 3 rings (SSSR count). The summed E-state index contributed by atoms with van der Waals surface area (Å²) in [6.07, 6.45) is 4.24. The molecule has 0 spiro atoms. The van der Waals surface area contributed by atoms with E-state index in [9.17, 15) is 9.59 Å². The lowest BCUT2D eigenvalue weighted by Crippen LogP contribution is -2.40. The minimum Gasteiger partial charge on any atom is -0.494 e. The second-order valence-corrected chi connectivity index (χ2v) is 7.17. The van der Waals surface area contributed by atoms with E-state index in [2.05, 4.69) is 10.3 Å². The van der Waals surface area contributed by atoms with Crippen LogP contribution in [0.2, 0.25) is 0 Å². The number of aromatic nitrogens is 1. The molecule has 1 fully saturated rings. The smallest absolute Gasteiger partial charge is 0.303 e. The molecule has 1 aromatic heterocycles. The van der Waals surface area contributed by atoms with E-state index < -0.39 is 5.97 Å². The number of carbonyl (C=O) groups is 2. The Hall–Kier alpha value is -3.09. The summed E-state index contributed by atoms with van der Waals surface area (Å²) < 4.78 is 5.46. The van der Waals surface area contributed by atoms with Crippen molar-refractivity contribution in [1.29, 1.82) is 0 Å². The van der Waals surface area contributed by atoms with Crippen molar-refractivity contribution < 1.29 is 19.4 Å². The topological polar surface area (TPSA) is 91.8 Å². The number of nitrogens with zero attached hydrogens (tertiary/aromatic N) is 2. The zero-order valence-electron chi connectivity index (χ0n) is 16.6. The minimum atomic E-state index is -0.789. The van der Waals surface area contributed by atoms with Gasteiger partial charge in [0.2, 0.25) is 0 Å². The van der Waals surface area contributed by atoms with E-state index in [0.717, 1.165) is 24.3 Å². The number of benzene rings is 1. The van der Waals surface area contributed by atoms with Crippen molar-refractivity contribution >= 4 is 23.4 Å². The third kappa shape index (κ3) is 5.70. The Kier molecular flexibility index (Phi) is 7.05. The first-order valence-electron chi connectivity index (χ1n) is 10.0. The molecule has 2 N–H and O–H groups in total. The average molecular weight is 397 g/mol. The van der Waals surface area contributed by atoms with Crippen molar-refractivity contribution in [2.45, 2.75) is 32.6 Å². The second kappa shape index (κ2) is 9.91. The maximum absolute atomic E-state index is 13.1. The van der Waals surface area contributed by atoms with Crippen molar-refractivity contribution in [3.63, 3.8) is 0 Å². The number of amides is 1. The van der Waals surface area contributed by atoms with Gasteiger partial charge in [-0.25, -0.2) is 4.98 Å². The summed E-state index contributed by atoms with van der Waals surface area (Å²) in [4.78, 5) is 30.2. The number of nitrogens with one attached hydrogen (secondary N) is 1. The predicted molar refractivity (Wildman–Crippen MR) is 111 cm³/mol. The molecule has 0 radical (unpaired) electrons. The third-order valence-corrected chi connectivity index (χ3v) is 5.04. The van der Waals surface area contributed by atoms with Crippen LogP contribution in [0.5, 0.6) is 5.75 Å². The van der Waals surface area contributed by atoms with Crippen LogP contribution in [0.3, 0.4) is 0 Å². The quantitative estimate of drug-likeness (QED) is 0.701. The predicted octanol–water partition coefficient (Wildman–Crippen LogP) is 3.94. The Morgan fingerprint density at radius 1 is 1.28 bits per heavy atom. The van der Waals surface area contributed by atoms with E-state index in [1.54, 1.807) is 18.3 Å².